The van der Waals surface area contributed by atoms with Gasteiger partial charge in [-0.2, -0.15) is 5.10 Å². The van der Waals surface area contributed by atoms with E-state index in [1.54, 1.807) is 12.3 Å². The fraction of sp³-hybridized carbons (Fsp3) is 0.375. The zero-order chi connectivity index (χ0) is 15.5. The molecular weight excluding hydrogens is 278 g/mol. The van der Waals surface area contributed by atoms with Crippen molar-refractivity contribution in [3.8, 4) is 0 Å². The third-order valence-electron chi connectivity index (χ3n) is 4.15. The van der Waals surface area contributed by atoms with Gasteiger partial charge in [-0.05, 0) is 24.1 Å². The van der Waals surface area contributed by atoms with Crippen molar-refractivity contribution in [2.45, 2.75) is 13.5 Å². The molecule has 0 saturated carbocycles. The van der Waals surface area contributed by atoms with E-state index < -0.39 is 0 Å². The first kappa shape index (κ1) is 14.6. The van der Waals surface area contributed by atoms with Crippen molar-refractivity contribution in [2.75, 3.05) is 36.8 Å². The highest BCUT2D eigenvalue weighted by molar-refractivity contribution is 5.50. The Morgan fingerprint density at radius 3 is 2.82 bits per heavy atom. The van der Waals surface area contributed by atoms with Crippen molar-refractivity contribution in [3.63, 3.8) is 0 Å². The van der Waals surface area contributed by atoms with E-state index in [9.17, 15) is 4.79 Å². The minimum absolute atomic E-state index is 0.0853. The second-order valence-corrected chi connectivity index (χ2v) is 5.58. The van der Waals surface area contributed by atoms with E-state index in [2.05, 4.69) is 15.3 Å². The molecule has 1 fully saturated rings. The number of hydrogen-bond donors (Lipinski definition) is 2. The molecule has 2 heterocycles. The maximum absolute atomic E-state index is 12.3. The number of rotatable bonds is 3. The van der Waals surface area contributed by atoms with Crippen molar-refractivity contribution in [3.05, 3.63) is 51.9 Å². The van der Waals surface area contributed by atoms with Gasteiger partial charge in [0.2, 0.25) is 0 Å². The average molecular weight is 299 g/mol. The van der Waals surface area contributed by atoms with Gasteiger partial charge in [0.05, 0.1) is 18.4 Å². The van der Waals surface area contributed by atoms with Crippen LogP contribution in [0, 0.1) is 6.92 Å². The lowest BCUT2D eigenvalue weighted by atomic mass is 10.1. The lowest BCUT2D eigenvalue weighted by Gasteiger charge is -2.29. The number of anilines is 2. The molecule has 0 aliphatic carbocycles. The number of aromatic nitrogens is 2. The Bertz CT molecular complexity index is 719. The first-order valence-electron chi connectivity index (χ1n) is 7.52. The molecule has 3 rings (SSSR count). The van der Waals surface area contributed by atoms with E-state index in [1.807, 2.05) is 25.1 Å². The van der Waals surface area contributed by atoms with Gasteiger partial charge in [0.25, 0.3) is 5.56 Å². The predicted octanol–water partition coefficient (Wildman–Crippen LogP) is 0.592. The zero-order valence-electron chi connectivity index (χ0n) is 12.7. The summed E-state index contributed by atoms with van der Waals surface area (Å²) in [7, 11) is 0. The smallest absolute Gasteiger partial charge is 0.269 e. The summed E-state index contributed by atoms with van der Waals surface area (Å²) in [6.45, 7) is 6.08. The zero-order valence-corrected chi connectivity index (χ0v) is 12.7. The molecule has 1 aliphatic heterocycles. The van der Waals surface area contributed by atoms with Gasteiger partial charge in [0, 0.05) is 37.9 Å². The van der Waals surface area contributed by atoms with Gasteiger partial charge >= 0.3 is 0 Å². The normalized spacial score (nSPS) is 15.0. The summed E-state index contributed by atoms with van der Waals surface area (Å²) in [5.41, 5.74) is 9.48. The molecule has 1 aliphatic rings. The highest BCUT2D eigenvalue weighted by Crippen LogP contribution is 2.16. The van der Waals surface area contributed by atoms with Crippen LogP contribution in [0.2, 0.25) is 0 Å². The average Bonchev–Trinajstić information content (AvgIpc) is 2.54. The van der Waals surface area contributed by atoms with Crippen molar-refractivity contribution >= 4 is 11.4 Å². The third kappa shape index (κ3) is 2.96. The first-order chi connectivity index (χ1) is 10.6. The molecule has 0 bridgehead atoms. The Morgan fingerprint density at radius 2 is 2.09 bits per heavy atom. The predicted molar refractivity (Wildman–Crippen MR) is 88.3 cm³/mol. The molecule has 1 aromatic heterocycles. The molecule has 6 nitrogen and oxygen atoms in total. The molecule has 0 unspecified atom stereocenters. The highest BCUT2D eigenvalue weighted by Gasteiger charge is 2.12. The van der Waals surface area contributed by atoms with Crippen LogP contribution < -0.4 is 21.5 Å². The van der Waals surface area contributed by atoms with E-state index in [0.29, 0.717) is 6.54 Å². The lowest BCUT2D eigenvalue weighted by molar-refractivity contribution is 0.582. The topological polar surface area (TPSA) is 76.2 Å². The Balaban J connectivity index is 1.83. The summed E-state index contributed by atoms with van der Waals surface area (Å²) < 4.78 is 1.48. The van der Waals surface area contributed by atoms with Crippen LogP contribution in [0.4, 0.5) is 11.4 Å². The second-order valence-electron chi connectivity index (χ2n) is 5.58. The molecule has 0 spiro atoms. The van der Waals surface area contributed by atoms with Crippen LogP contribution in [-0.4, -0.2) is 36.0 Å². The maximum Gasteiger partial charge on any atom is 0.269 e. The molecule has 116 valence electrons. The Labute approximate surface area is 129 Å². The van der Waals surface area contributed by atoms with Crippen LogP contribution in [0.15, 0.2) is 35.3 Å². The van der Waals surface area contributed by atoms with Crippen LogP contribution in [0.5, 0.6) is 0 Å². The molecule has 0 radical (unpaired) electrons. The fourth-order valence-corrected chi connectivity index (χ4v) is 2.67. The molecule has 22 heavy (non-hydrogen) atoms. The largest absolute Gasteiger partial charge is 0.399 e. The molecule has 1 aromatic carbocycles. The van der Waals surface area contributed by atoms with Crippen LogP contribution in [0.3, 0.4) is 0 Å². The molecule has 1 saturated heterocycles. The number of nitrogen functional groups attached to an aromatic ring is 1. The number of nitrogens with two attached hydrogens (primary N) is 1. The number of nitrogens with zero attached hydrogens (tertiary/aromatic N) is 3. The fourth-order valence-electron chi connectivity index (χ4n) is 2.67. The molecule has 0 amide bonds. The van der Waals surface area contributed by atoms with Crippen molar-refractivity contribution < 1.29 is 0 Å². The van der Waals surface area contributed by atoms with Crippen molar-refractivity contribution in [1.29, 1.82) is 0 Å². The van der Waals surface area contributed by atoms with E-state index >= 15 is 0 Å². The van der Waals surface area contributed by atoms with E-state index in [4.69, 9.17) is 5.73 Å². The monoisotopic (exact) mass is 299 g/mol. The van der Waals surface area contributed by atoms with Gasteiger partial charge in [-0.1, -0.05) is 12.1 Å². The first-order valence-corrected chi connectivity index (χ1v) is 7.52. The Kier molecular flexibility index (Phi) is 4.11. The maximum atomic E-state index is 12.3. The van der Waals surface area contributed by atoms with Crippen LogP contribution in [0.1, 0.15) is 11.1 Å². The van der Waals surface area contributed by atoms with E-state index in [1.165, 1.54) is 4.68 Å². The van der Waals surface area contributed by atoms with Gasteiger partial charge in [-0.25, -0.2) is 4.68 Å². The molecule has 6 heteroatoms. The van der Waals surface area contributed by atoms with Gasteiger partial charge < -0.3 is 16.0 Å². The van der Waals surface area contributed by atoms with Gasteiger partial charge in [0.15, 0.2) is 0 Å². The third-order valence-corrected chi connectivity index (χ3v) is 4.15. The van der Waals surface area contributed by atoms with Crippen LogP contribution in [0.25, 0.3) is 0 Å². The minimum Gasteiger partial charge on any atom is -0.399 e. The summed E-state index contributed by atoms with van der Waals surface area (Å²) >= 11 is 0. The summed E-state index contributed by atoms with van der Waals surface area (Å²) in [5, 5.41) is 7.62. The summed E-state index contributed by atoms with van der Waals surface area (Å²) in [6.07, 6.45) is 1.77. The van der Waals surface area contributed by atoms with Crippen molar-refractivity contribution in [2.24, 2.45) is 0 Å². The SMILES string of the molecule is Cc1c(N)cccc1Cn1ncc(N2CCNCC2)cc1=O. The molecule has 0 atom stereocenters. The summed E-state index contributed by atoms with van der Waals surface area (Å²) in [5.74, 6) is 0. The van der Waals surface area contributed by atoms with Crippen LogP contribution >= 0.6 is 0 Å². The second kappa shape index (κ2) is 6.19. The minimum atomic E-state index is -0.0853. The number of hydrogen-bond acceptors (Lipinski definition) is 5. The molecule has 2 aromatic rings. The number of benzene rings is 1. The molecule has 3 N–H and O–H groups in total. The standard InChI is InChI=1S/C16H21N5O/c1-12-13(3-2-4-15(12)17)11-21-16(22)9-14(10-19-21)20-7-5-18-6-8-20/h2-4,9-10,18H,5-8,11,17H2,1H3. The van der Waals surface area contributed by atoms with E-state index in [-0.39, 0.29) is 5.56 Å². The van der Waals surface area contributed by atoms with Gasteiger partial charge in [-0.3, -0.25) is 4.79 Å². The van der Waals surface area contributed by atoms with Crippen LogP contribution in [-0.2, 0) is 6.54 Å². The van der Waals surface area contributed by atoms with Gasteiger partial charge in [0.1, 0.15) is 0 Å². The highest BCUT2D eigenvalue weighted by atomic mass is 16.1. The van der Waals surface area contributed by atoms with Crippen molar-refractivity contribution in [1.82, 2.24) is 15.1 Å². The molecular formula is C16H21N5O. The lowest BCUT2D eigenvalue weighted by Crippen LogP contribution is -2.44. The quantitative estimate of drug-likeness (QED) is 0.811. The van der Waals surface area contributed by atoms with E-state index in [0.717, 1.165) is 48.7 Å². The Hall–Kier alpha value is -2.34. The number of nitrogens with one attached hydrogen (secondary N) is 1. The Morgan fingerprint density at radius 1 is 1.32 bits per heavy atom. The number of piperazine rings is 1. The summed E-state index contributed by atoms with van der Waals surface area (Å²) in [4.78, 5) is 14.5. The van der Waals surface area contributed by atoms with Gasteiger partial charge in [-0.15, -0.1) is 0 Å². The summed E-state index contributed by atoms with van der Waals surface area (Å²) in [6, 6.07) is 7.41.